The van der Waals surface area contributed by atoms with E-state index in [9.17, 15) is 18.0 Å². The van der Waals surface area contributed by atoms with Gasteiger partial charge < -0.3 is 9.84 Å². The normalized spacial score (nSPS) is 15.1. The zero-order valence-electron chi connectivity index (χ0n) is 19.3. The molecule has 0 fully saturated rings. The van der Waals surface area contributed by atoms with Crippen molar-refractivity contribution in [2.45, 2.75) is 31.3 Å². The summed E-state index contributed by atoms with van der Waals surface area (Å²) in [5, 5.41) is 10.5. The van der Waals surface area contributed by atoms with Crippen LogP contribution in [0.1, 0.15) is 36.7 Å². The predicted molar refractivity (Wildman–Crippen MR) is 137 cm³/mol. The third kappa shape index (κ3) is 5.63. The number of aliphatic carboxylic acids is 1. The van der Waals surface area contributed by atoms with Gasteiger partial charge in [-0.15, -0.1) is 11.8 Å². The van der Waals surface area contributed by atoms with E-state index in [0.29, 0.717) is 16.7 Å². The van der Waals surface area contributed by atoms with Crippen LogP contribution in [0.2, 0.25) is 0 Å². The van der Waals surface area contributed by atoms with Gasteiger partial charge in [0.1, 0.15) is 11.4 Å². The summed E-state index contributed by atoms with van der Waals surface area (Å²) in [5.74, 6) is -1.09. The molecule has 0 bridgehead atoms. The summed E-state index contributed by atoms with van der Waals surface area (Å²) in [4.78, 5) is 23.9. The molecule has 3 aromatic rings. The third-order valence-corrected chi connectivity index (χ3v) is 7.31. The number of fused-ring (bicyclic) bond motifs is 2. The van der Waals surface area contributed by atoms with Crippen LogP contribution in [0.3, 0.4) is 0 Å². The number of thioether (sulfide) groups is 1. The second kappa shape index (κ2) is 9.31. The van der Waals surface area contributed by atoms with E-state index in [1.54, 1.807) is 48.5 Å². The second-order valence-electron chi connectivity index (χ2n) is 8.90. The van der Waals surface area contributed by atoms with Gasteiger partial charge in [0.15, 0.2) is 5.78 Å². The van der Waals surface area contributed by atoms with Gasteiger partial charge in [-0.1, -0.05) is 36.4 Å². The quantitative estimate of drug-likeness (QED) is 0.493. The summed E-state index contributed by atoms with van der Waals surface area (Å²) >= 11 is 0.834. The van der Waals surface area contributed by atoms with Gasteiger partial charge in [-0.3, -0.25) is 9.59 Å². The number of hydrogen-bond donors (Lipinski definition) is 1. The number of benzene rings is 3. The maximum atomic E-state index is 13.2. The number of carbonyl (C=O) groups excluding carboxylic acids is 1. The first kappa shape index (κ1) is 24.7. The fraction of sp³-hybridized carbons (Fsp3) is 0.192. The van der Waals surface area contributed by atoms with Crippen molar-refractivity contribution in [3.05, 3.63) is 82.8 Å². The molecule has 0 spiro atoms. The van der Waals surface area contributed by atoms with Crippen LogP contribution in [0.15, 0.2) is 80.9 Å². The maximum Gasteiger partial charge on any atom is 0.313 e. The molecule has 0 atom stereocenters. The highest BCUT2D eigenvalue weighted by Gasteiger charge is 2.27. The second-order valence-corrected chi connectivity index (χ2v) is 11.5. The lowest BCUT2D eigenvalue weighted by Gasteiger charge is -2.21. The molecule has 0 aliphatic heterocycles. The smallest absolute Gasteiger partial charge is 0.313 e. The van der Waals surface area contributed by atoms with E-state index in [1.165, 1.54) is 12.1 Å². The van der Waals surface area contributed by atoms with Crippen molar-refractivity contribution >= 4 is 50.0 Å². The maximum absolute atomic E-state index is 13.2. The molecule has 0 heterocycles. The van der Waals surface area contributed by atoms with Gasteiger partial charge in [-0.25, -0.2) is 0 Å². The number of ketones is 1. The average molecular weight is 510 g/mol. The molecule has 1 aliphatic rings. The van der Waals surface area contributed by atoms with Crippen molar-refractivity contribution < 1.29 is 27.9 Å². The SMILES string of the molecule is CC(C)(C)Oc1ccc2cc(S(=O)(=O)N=C3C=C(SCC(=O)O)C(=O)c4ccccc43)ccc2c1. The van der Waals surface area contributed by atoms with E-state index < -0.39 is 16.0 Å². The molecule has 0 aromatic heterocycles. The lowest BCUT2D eigenvalue weighted by molar-refractivity contribution is -0.133. The van der Waals surface area contributed by atoms with Gasteiger partial charge in [-0.05, 0) is 61.9 Å². The molecular formula is C26H23NO6S2. The van der Waals surface area contributed by atoms with Gasteiger partial charge in [-0.2, -0.15) is 12.8 Å². The fourth-order valence-corrected chi connectivity index (χ4v) is 5.33. The molecule has 0 saturated carbocycles. The Morgan fingerprint density at radius 1 is 1.00 bits per heavy atom. The zero-order chi connectivity index (χ0) is 25.4. The van der Waals surface area contributed by atoms with E-state index in [0.717, 1.165) is 17.1 Å². The average Bonchev–Trinajstić information content (AvgIpc) is 2.78. The van der Waals surface area contributed by atoms with Gasteiger partial charge in [0.2, 0.25) is 0 Å². The Labute approximate surface area is 207 Å². The summed E-state index contributed by atoms with van der Waals surface area (Å²) in [5.41, 5.74) is 0.384. The summed E-state index contributed by atoms with van der Waals surface area (Å²) < 4.78 is 36.4. The largest absolute Gasteiger partial charge is 0.488 e. The van der Waals surface area contributed by atoms with Crippen LogP contribution >= 0.6 is 11.8 Å². The van der Waals surface area contributed by atoms with E-state index in [2.05, 4.69) is 4.40 Å². The third-order valence-electron chi connectivity index (χ3n) is 5.01. The van der Waals surface area contributed by atoms with Crippen molar-refractivity contribution in [3.63, 3.8) is 0 Å². The monoisotopic (exact) mass is 509 g/mol. The molecule has 7 nitrogen and oxygen atoms in total. The molecule has 0 unspecified atom stereocenters. The van der Waals surface area contributed by atoms with E-state index in [4.69, 9.17) is 9.84 Å². The Kier molecular flexibility index (Phi) is 6.57. The first-order valence-corrected chi connectivity index (χ1v) is 13.1. The molecule has 9 heteroatoms. The van der Waals surface area contributed by atoms with Crippen LogP contribution in [0.5, 0.6) is 5.75 Å². The Morgan fingerprint density at radius 3 is 2.34 bits per heavy atom. The minimum Gasteiger partial charge on any atom is -0.488 e. The van der Waals surface area contributed by atoms with E-state index in [-0.39, 0.29) is 38.2 Å². The van der Waals surface area contributed by atoms with Crippen molar-refractivity contribution in [2.75, 3.05) is 5.75 Å². The Bertz CT molecular complexity index is 1510. The van der Waals surface area contributed by atoms with Crippen LogP contribution in [-0.2, 0) is 14.8 Å². The summed E-state index contributed by atoms with van der Waals surface area (Å²) in [6, 6.07) is 16.7. The number of ether oxygens (including phenoxy) is 1. The standard InChI is InChI=1S/C26H23NO6S2/c1-26(2,3)33-18-10-8-17-13-19(11-9-16(17)12-18)35(31,32)27-22-14-23(34-15-24(28)29)25(30)21-7-5-4-6-20(21)22/h4-14H,15H2,1-3H3,(H,28,29). The minimum atomic E-state index is -4.13. The van der Waals surface area contributed by atoms with Crippen molar-refractivity contribution in [2.24, 2.45) is 4.40 Å². The zero-order valence-corrected chi connectivity index (χ0v) is 20.9. The molecule has 1 aliphatic carbocycles. The van der Waals surface area contributed by atoms with Crippen LogP contribution in [0.25, 0.3) is 10.8 Å². The lowest BCUT2D eigenvalue weighted by Crippen LogP contribution is -2.22. The number of Topliss-reactive ketones (excluding diaryl/α,β-unsaturated/α-hetero) is 1. The number of sulfonamides is 1. The van der Waals surface area contributed by atoms with Crippen molar-refractivity contribution in [1.82, 2.24) is 0 Å². The van der Waals surface area contributed by atoms with Crippen LogP contribution in [0, 0.1) is 0 Å². The number of carboxylic acids is 1. The molecule has 1 N–H and O–H groups in total. The molecule has 4 rings (SSSR count). The van der Waals surface area contributed by atoms with Gasteiger partial charge in [0.25, 0.3) is 10.0 Å². The van der Waals surface area contributed by atoms with Crippen molar-refractivity contribution in [1.29, 1.82) is 0 Å². The molecule has 0 radical (unpaired) electrons. The van der Waals surface area contributed by atoms with E-state index >= 15 is 0 Å². The number of nitrogens with zero attached hydrogens (tertiary/aromatic N) is 1. The first-order valence-electron chi connectivity index (χ1n) is 10.7. The topological polar surface area (TPSA) is 110 Å². The van der Waals surface area contributed by atoms with Crippen LogP contribution in [0.4, 0.5) is 0 Å². The Hall–Kier alpha value is -3.43. The molecule has 3 aromatic carbocycles. The lowest BCUT2D eigenvalue weighted by atomic mass is 9.94. The molecule has 0 saturated heterocycles. The van der Waals surface area contributed by atoms with Crippen LogP contribution < -0.4 is 4.74 Å². The summed E-state index contributed by atoms with van der Waals surface area (Å²) in [7, 11) is -4.13. The highest BCUT2D eigenvalue weighted by atomic mass is 32.2. The molecule has 35 heavy (non-hydrogen) atoms. The minimum absolute atomic E-state index is 0.00418. The summed E-state index contributed by atoms with van der Waals surface area (Å²) in [6.45, 7) is 5.84. The molecule has 180 valence electrons. The van der Waals surface area contributed by atoms with Crippen LogP contribution in [-0.4, -0.2) is 42.3 Å². The van der Waals surface area contributed by atoms with E-state index in [1.807, 2.05) is 26.8 Å². The Morgan fingerprint density at radius 2 is 1.66 bits per heavy atom. The number of carboxylic acid groups (broad SMARTS) is 1. The molecule has 0 amide bonds. The number of rotatable bonds is 6. The highest BCUT2D eigenvalue weighted by Crippen LogP contribution is 2.31. The fourth-order valence-electron chi connectivity index (χ4n) is 3.59. The first-order chi connectivity index (χ1) is 16.4. The Balaban J connectivity index is 1.74. The summed E-state index contributed by atoms with van der Waals surface area (Å²) in [6.07, 6.45) is 1.34. The van der Waals surface area contributed by atoms with Gasteiger partial charge in [0.05, 0.1) is 21.3 Å². The predicted octanol–water partition coefficient (Wildman–Crippen LogP) is 5.09. The molecular weight excluding hydrogens is 486 g/mol. The number of carbonyl (C=O) groups is 2. The number of allylic oxidation sites excluding steroid dienone is 2. The van der Waals surface area contributed by atoms with Gasteiger partial charge in [0, 0.05) is 11.1 Å². The van der Waals surface area contributed by atoms with Gasteiger partial charge >= 0.3 is 5.97 Å². The number of hydrogen-bond acceptors (Lipinski definition) is 6. The highest BCUT2D eigenvalue weighted by molar-refractivity contribution is 8.04. The van der Waals surface area contributed by atoms with Crippen molar-refractivity contribution in [3.8, 4) is 5.75 Å².